The number of hydrogen-bond acceptors (Lipinski definition) is 6. The van der Waals surface area contributed by atoms with Gasteiger partial charge in [0.25, 0.3) is 5.91 Å². The van der Waals surface area contributed by atoms with Gasteiger partial charge in [-0.15, -0.1) is 0 Å². The molecule has 30 heavy (non-hydrogen) atoms. The van der Waals surface area contributed by atoms with E-state index in [4.69, 9.17) is 19.9 Å². The van der Waals surface area contributed by atoms with E-state index in [1.807, 2.05) is 24.3 Å². The molecular weight excluding hydrogens is 386 g/mol. The molecule has 0 unspecified atom stereocenters. The Morgan fingerprint density at radius 1 is 0.967 bits per heavy atom. The van der Waals surface area contributed by atoms with Crippen LogP contribution in [0.5, 0.6) is 17.2 Å². The molecule has 1 saturated heterocycles. The maximum Gasteiger partial charge on any atom is 0.255 e. The van der Waals surface area contributed by atoms with Gasteiger partial charge < -0.3 is 30.2 Å². The van der Waals surface area contributed by atoms with E-state index in [1.165, 1.54) is 21.3 Å². The zero-order chi connectivity index (χ0) is 21.7. The summed E-state index contributed by atoms with van der Waals surface area (Å²) in [6.07, 6.45) is 1.52. The van der Waals surface area contributed by atoms with E-state index in [0.29, 0.717) is 28.5 Å². The molecule has 1 fully saturated rings. The third kappa shape index (κ3) is 4.59. The second-order valence-corrected chi connectivity index (χ2v) is 7.08. The minimum Gasteiger partial charge on any atom is -0.493 e. The maximum absolute atomic E-state index is 12.7. The predicted octanol–water partition coefficient (Wildman–Crippen LogP) is 2.67. The molecule has 2 aromatic carbocycles. The van der Waals surface area contributed by atoms with E-state index in [9.17, 15) is 9.59 Å². The van der Waals surface area contributed by atoms with Crippen LogP contribution >= 0.6 is 0 Å². The van der Waals surface area contributed by atoms with Gasteiger partial charge in [0.1, 0.15) is 0 Å². The molecule has 8 heteroatoms. The smallest absolute Gasteiger partial charge is 0.255 e. The van der Waals surface area contributed by atoms with Gasteiger partial charge in [-0.3, -0.25) is 9.59 Å². The average Bonchev–Trinajstić information content (AvgIpc) is 2.78. The van der Waals surface area contributed by atoms with E-state index in [0.717, 1.165) is 31.6 Å². The molecular formula is C22H27N3O5. The lowest BCUT2D eigenvalue weighted by Gasteiger charge is -2.32. The van der Waals surface area contributed by atoms with Crippen molar-refractivity contribution in [3.8, 4) is 17.2 Å². The number of nitrogens with zero attached hydrogens (tertiary/aromatic N) is 1. The summed E-state index contributed by atoms with van der Waals surface area (Å²) in [7, 11) is 4.52. The first-order valence-electron chi connectivity index (χ1n) is 9.72. The standard InChI is InChI=1S/C22H27N3O5/c1-28-18-12-15(13-19(29-2)20(18)30-3)22(27)24-16-4-6-17(7-5-16)25-10-8-14(9-11-25)21(23)26/h4-7,12-14H,8-11H2,1-3H3,(H2,23,26)(H,24,27). The molecule has 0 bridgehead atoms. The number of ether oxygens (including phenoxy) is 3. The van der Waals surface area contributed by atoms with E-state index < -0.39 is 0 Å². The van der Waals surface area contributed by atoms with Crippen molar-refractivity contribution in [1.29, 1.82) is 0 Å². The zero-order valence-electron chi connectivity index (χ0n) is 17.4. The Bertz CT molecular complexity index is 880. The molecule has 1 aliphatic rings. The van der Waals surface area contributed by atoms with Crippen molar-refractivity contribution < 1.29 is 23.8 Å². The highest BCUT2D eigenvalue weighted by molar-refractivity contribution is 6.05. The summed E-state index contributed by atoms with van der Waals surface area (Å²) in [5, 5.41) is 2.88. The molecule has 1 aliphatic heterocycles. The Hall–Kier alpha value is -3.42. The Morgan fingerprint density at radius 2 is 1.53 bits per heavy atom. The molecule has 1 heterocycles. The van der Waals surface area contributed by atoms with Crippen LogP contribution in [0.25, 0.3) is 0 Å². The number of methoxy groups -OCH3 is 3. The minimum absolute atomic E-state index is 0.0432. The van der Waals surface area contributed by atoms with Gasteiger partial charge in [0.2, 0.25) is 11.7 Å². The fourth-order valence-electron chi connectivity index (χ4n) is 3.59. The molecule has 160 valence electrons. The van der Waals surface area contributed by atoms with Crippen molar-refractivity contribution in [2.45, 2.75) is 12.8 Å². The van der Waals surface area contributed by atoms with Crippen molar-refractivity contribution in [3.63, 3.8) is 0 Å². The number of rotatable bonds is 7. The van der Waals surface area contributed by atoms with Gasteiger partial charge in [0.15, 0.2) is 11.5 Å². The largest absolute Gasteiger partial charge is 0.493 e. The maximum atomic E-state index is 12.7. The molecule has 2 amide bonds. The highest BCUT2D eigenvalue weighted by atomic mass is 16.5. The number of nitrogens with one attached hydrogen (secondary N) is 1. The first-order valence-corrected chi connectivity index (χ1v) is 9.72. The van der Waals surface area contributed by atoms with Crippen molar-refractivity contribution in [3.05, 3.63) is 42.0 Å². The second-order valence-electron chi connectivity index (χ2n) is 7.08. The number of benzene rings is 2. The summed E-state index contributed by atoms with van der Waals surface area (Å²) in [6, 6.07) is 10.8. The Labute approximate surface area is 175 Å². The Kier molecular flexibility index (Phi) is 6.66. The molecule has 0 aliphatic carbocycles. The van der Waals surface area contributed by atoms with E-state index in [-0.39, 0.29) is 17.7 Å². The first-order chi connectivity index (χ1) is 14.5. The Morgan fingerprint density at radius 3 is 2.00 bits per heavy atom. The van der Waals surface area contributed by atoms with Crippen molar-refractivity contribution >= 4 is 23.2 Å². The number of anilines is 2. The van der Waals surface area contributed by atoms with Gasteiger partial charge >= 0.3 is 0 Å². The van der Waals surface area contributed by atoms with E-state index in [2.05, 4.69) is 10.2 Å². The zero-order valence-corrected chi connectivity index (χ0v) is 17.4. The summed E-state index contributed by atoms with van der Waals surface area (Å²) in [6.45, 7) is 1.56. The lowest BCUT2D eigenvalue weighted by Crippen LogP contribution is -2.38. The number of piperidine rings is 1. The van der Waals surface area contributed by atoms with Crippen molar-refractivity contribution in [2.24, 2.45) is 11.7 Å². The monoisotopic (exact) mass is 413 g/mol. The summed E-state index contributed by atoms with van der Waals surface area (Å²) >= 11 is 0. The van der Waals surface area contributed by atoms with Crippen LogP contribution in [0.4, 0.5) is 11.4 Å². The minimum atomic E-state index is -0.288. The highest BCUT2D eigenvalue weighted by Crippen LogP contribution is 2.38. The molecule has 0 saturated carbocycles. The number of amides is 2. The van der Waals surface area contributed by atoms with Gasteiger partial charge in [-0.1, -0.05) is 0 Å². The fraction of sp³-hybridized carbons (Fsp3) is 0.364. The van der Waals surface area contributed by atoms with Crippen LogP contribution in [0.2, 0.25) is 0 Å². The number of nitrogens with two attached hydrogens (primary N) is 1. The lowest BCUT2D eigenvalue weighted by molar-refractivity contribution is -0.122. The second kappa shape index (κ2) is 9.39. The highest BCUT2D eigenvalue weighted by Gasteiger charge is 2.23. The van der Waals surface area contributed by atoms with Crippen LogP contribution in [-0.4, -0.2) is 46.2 Å². The molecule has 0 atom stereocenters. The van der Waals surface area contributed by atoms with Gasteiger partial charge in [-0.05, 0) is 49.2 Å². The molecule has 0 radical (unpaired) electrons. The SMILES string of the molecule is COc1cc(C(=O)Nc2ccc(N3CCC(C(N)=O)CC3)cc2)cc(OC)c1OC. The lowest BCUT2D eigenvalue weighted by atomic mass is 9.96. The molecule has 8 nitrogen and oxygen atoms in total. The fourth-order valence-corrected chi connectivity index (χ4v) is 3.59. The third-order valence-corrected chi connectivity index (χ3v) is 5.31. The third-order valence-electron chi connectivity index (χ3n) is 5.31. The van der Waals surface area contributed by atoms with Crippen molar-refractivity contribution in [2.75, 3.05) is 44.6 Å². The predicted molar refractivity (Wildman–Crippen MR) is 115 cm³/mol. The molecule has 0 spiro atoms. The van der Waals surface area contributed by atoms with Crippen LogP contribution in [0, 0.1) is 5.92 Å². The van der Waals surface area contributed by atoms with Crippen LogP contribution in [-0.2, 0) is 4.79 Å². The molecule has 3 rings (SSSR count). The van der Waals surface area contributed by atoms with Crippen LogP contribution in [0.3, 0.4) is 0 Å². The van der Waals surface area contributed by atoms with Gasteiger partial charge in [0.05, 0.1) is 21.3 Å². The summed E-state index contributed by atoms with van der Waals surface area (Å²) in [5.41, 5.74) is 7.50. The average molecular weight is 413 g/mol. The number of hydrogen-bond donors (Lipinski definition) is 2. The topological polar surface area (TPSA) is 103 Å². The summed E-state index contributed by atoms with van der Waals surface area (Å²) < 4.78 is 15.9. The number of carbonyl (C=O) groups excluding carboxylic acids is 2. The normalized spacial score (nSPS) is 14.2. The first kappa shape index (κ1) is 21.3. The summed E-state index contributed by atoms with van der Waals surface area (Å²) in [4.78, 5) is 26.3. The summed E-state index contributed by atoms with van der Waals surface area (Å²) in [5.74, 6) is 0.705. The quantitative estimate of drug-likeness (QED) is 0.723. The van der Waals surface area contributed by atoms with Gasteiger partial charge in [0, 0.05) is 35.9 Å². The van der Waals surface area contributed by atoms with E-state index in [1.54, 1.807) is 12.1 Å². The van der Waals surface area contributed by atoms with Gasteiger partial charge in [-0.25, -0.2) is 0 Å². The number of primary amides is 1. The van der Waals surface area contributed by atoms with Crippen LogP contribution < -0.4 is 30.2 Å². The van der Waals surface area contributed by atoms with Crippen LogP contribution in [0.1, 0.15) is 23.2 Å². The van der Waals surface area contributed by atoms with Gasteiger partial charge in [-0.2, -0.15) is 0 Å². The molecule has 2 aromatic rings. The number of carbonyl (C=O) groups is 2. The Balaban J connectivity index is 1.68. The molecule has 0 aromatic heterocycles. The molecule has 3 N–H and O–H groups in total. The van der Waals surface area contributed by atoms with Crippen molar-refractivity contribution in [1.82, 2.24) is 0 Å². The van der Waals surface area contributed by atoms with E-state index >= 15 is 0 Å². The van der Waals surface area contributed by atoms with Crippen LogP contribution in [0.15, 0.2) is 36.4 Å².